The lowest BCUT2D eigenvalue weighted by Crippen LogP contribution is -2.22. The molecule has 0 aliphatic heterocycles. The van der Waals surface area contributed by atoms with Crippen LogP contribution in [0.5, 0.6) is 0 Å². The third-order valence-corrected chi connectivity index (χ3v) is 2.41. The number of benzene rings is 1. The fourth-order valence-corrected chi connectivity index (χ4v) is 1.47. The molecule has 4 nitrogen and oxygen atoms in total. The number of pyridine rings is 1. The van der Waals surface area contributed by atoms with Crippen molar-refractivity contribution in [1.82, 2.24) is 4.98 Å². The number of carbonyl (C=O) groups is 1. The van der Waals surface area contributed by atoms with Gasteiger partial charge < -0.3 is 10.6 Å². The predicted octanol–water partition coefficient (Wildman–Crippen LogP) is 2.44. The van der Waals surface area contributed by atoms with E-state index in [1.54, 1.807) is 12.3 Å². The molecule has 0 fully saturated rings. The number of carbonyl (C=O) groups excluding carboxylic acids is 1. The molecule has 2 aromatic rings. The van der Waals surface area contributed by atoms with Crippen molar-refractivity contribution < 1.29 is 4.79 Å². The van der Waals surface area contributed by atoms with Crippen LogP contribution in [0, 0.1) is 6.92 Å². The van der Waals surface area contributed by atoms with Crippen LogP contribution < -0.4 is 10.6 Å². The number of amides is 1. The van der Waals surface area contributed by atoms with E-state index in [4.69, 9.17) is 0 Å². The molecule has 0 radical (unpaired) electrons. The smallest absolute Gasteiger partial charge is 0.244 e. The molecule has 0 aliphatic carbocycles. The van der Waals surface area contributed by atoms with E-state index in [2.05, 4.69) is 15.6 Å². The fraction of sp³-hybridized carbons (Fsp3) is 0.143. The number of nitrogens with zero attached hydrogens (tertiary/aromatic N) is 1. The molecule has 0 spiro atoms. The maximum atomic E-state index is 11.7. The van der Waals surface area contributed by atoms with E-state index in [0.29, 0.717) is 5.82 Å². The minimum Gasteiger partial charge on any atom is -0.376 e. The summed E-state index contributed by atoms with van der Waals surface area (Å²) >= 11 is 0. The van der Waals surface area contributed by atoms with Gasteiger partial charge in [-0.05, 0) is 30.7 Å². The van der Waals surface area contributed by atoms with Gasteiger partial charge in [-0.2, -0.15) is 0 Å². The zero-order valence-electron chi connectivity index (χ0n) is 10.2. The van der Waals surface area contributed by atoms with Crippen LogP contribution in [0.1, 0.15) is 5.56 Å². The topological polar surface area (TPSA) is 54.0 Å². The van der Waals surface area contributed by atoms with Gasteiger partial charge in [-0.1, -0.05) is 24.3 Å². The number of rotatable bonds is 4. The minimum atomic E-state index is -0.116. The van der Waals surface area contributed by atoms with Crippen LogP contribution in [0.15, 0.2) is 48.7 Å². The summed E-state index contributed by atoms with van der Waals surface area (Å²) in [5.41, 5.74) is 1.99. The summed E-state index contributed by atoms with van der Waals surface area (Å²) in [7, 11) is 0. The van der Waals surface area contributed by atoms with Gasteiger partial charge in [0.05, 0.1) is 6.54 Å². The van der Waals surface area contributed by atoms with Crippen molar-refractivity contribution in [3.05, 3.63) is 54.2 Å². The first-order chi connectivity index (χ1) is 8.74. The summed E-state index contributed by atoms with van der Waals surface area (Å²) in [6.07, 6.45) is 1.72. The Morgan fingerprint density at radius 3 is 2.61 bits per heavy atom. The lowest BCUT2D eigenvalue weighted by molar-refractivity contribution is -0.114. The van der Waals surface area contributed by atoms with E-state index in [0.717, 1.165) is 11.3 Å². The number of nitrogens with one attached hydrogen (secondary N) is 2. The highest BCUT2D eigenvalue weighted by Gasteiger charge is 2.02. The van der Waals surface area contributed by atoms with E-state index >= 15 is 0 Å². The van der Waals surface area contributed by atoms with Gasteiger partial charge in [0, 0.05) is 11.9 Å². The second kappa shape index (κ2) is 5.82. The lowest BCUT2D eigenvalue weighted by atomic mass is 10.3. The van der Waals surface area contributed by atoms with Crippen LogP contribution >= 0.6 is 0 Å². The molecule has 92 valence electrons. The zero-order chi connectivity index (χ0) is 12.8. The zero-order valence-corrected chi connectivity index (χ0v) is 10.2. The highest BCUT2D eigenvalue weighted by atomic mass is 16.1. The molecule has 2 rings (SSSR count). The number of anilines is 2. The third kappa shape index (κ3) is 3.59. The normalized spacial score (nSPS) is 9.83. The van der Waals surface area contributed by atoms with Crippen molar-refractivity contribution >= 4 is 17.4 Å². The van der Waals surface area contributed by atoms with E-state index < -0.39 is 0 Å². The Labute approximate surface area is 106 Å². The Hall–Kier alpha value is -2.36. The van der Waals surface area contributed by atoms with Crippen LogP contribution in [0.3, 0.4) is 0 Å². The highest BCUT2D eigenvalue weighted by molar-refractivity contribution is 5.92. The molecular weight excluding hydrogens is 226 g/mol. The third-order valence-electron chi connectivity index (χ3n) is 2.41. The van der Waals surface area contributed by atoms with Gasteiger partial charge in [0.15, 0.2) is 0 Å². The number of hydrogen-bond acceptors (Lipinski definition) is 3. The second-order valence-electron chi connectivity index (χ2n) is 3.99. The molecule has 18 heavy (non-hydrogen) atoms. The predicted molar refractivity (Wildman–Crippen MR) is 72.5 cm³/mol. The molecule has 1 amide bonds. The monoisotopic (exact) mass is 241 g/mol. The Kier molecular flexibility index (Phi) is 3.91. The lowest BCUT2D eigenvalue weighted by Gasteiger charge is -2.07. The number of hydrogen-bond donors (Lipinski definition) is 2. The molecule has 0 aliphatic rings. The molecule has 0 saturated heterocycles. The van der Waals surface area contributed by atoms with Crippen LogP contribution in [0.4, 0.5) is 11.5 Å². The average Bonchev–Trinajstić information content (AvgIpc) is 2.40. The molecule has 4 heteroatoms. The Balaban J connectivity index is 1.84. The maximum Gasteiger partial charge on any atom is 0.244 e. The van der Waals surface area contributed by atoms with E-state index in [9.17, 15) is 4.79 Å². The summed E-state index contributed by atoms with van der Waals surface area (Å²) in [5.74, 6) is 0.454. The molecule has 0 unspecified atom stereocenters. The van der Waals surface area contributed by atoms with Crippen molar-refractivity contribution in [3.8, 4) is 0 Å². The van der Waals surface area contributed by atoms with Crippen LogP contribution in [0.25, 0.3) is 0 Å². The summed E-state index contributed by atoms with van der Waals surface area (Å²) < 4.78 is 0. The van der Waals surface area contributed by atoms with Gasteiger partial charge in [-0.15, -0.1) is 0 Å². The minimum absolute atomic E-state index is 0.116. The summed E-state index contributed by atoms with van der Waals surface area (Å²) in [6, 6.07) is 13.3. The summed E-state index contributed by atoms with van der Waals surface area (Å²) in [6.45, 7) is 2.18. The van der Waals surface area contributed by atoms with Crippen molar-refractivity contribution in [1.29, 1.82) is 0 Å². The second-order valence-corrected chi connectivity index (χ2v) is 3.99. The standard InChI is InChI=1S/C14H15N3O/c1-11-7-8-13(16-9-11)17-14(18)10-15-12-5-3-2-4-6-12/h2-9,15H,10H2,1H3,(H,16,17,18). The first kappa shape index (κ1) is 12.1. The Morgan fingerprint density at radius 1 is 1.17 bits per heavy atom. The van der Waals surface area contributed by atoms with Crippen molar-refractivity contribution in [2.75, 3.05) is 17.2 Å². The molecule has 0 saturated carbocycles. The van der Waals surface area contributed by atoms with Gasteiger partial charge >= 0.3 is 0 Å². The highest BCUT2D eigenvalue weighted by Crippen LogP contribution is 2.05. The number of aryl methyl sites for hydroxylation is 1. The molecule has 1 heterocycles. The van der Waals surface area contributed by atoms with Gasteiger partial charge in [0.2, 0.25) is 5.91 Å². The fourth-order valence-electron chi connectivity index (χ4n) is 1.47. The van der Waals surface area contributed by atoms with E-state index in [1.807, 2.05) is 43.3 Å². The maximum absolute atomic E-state index is 11.7. The van der Waals surface area contributed by atoms with Crippen molar-refractivity contribution in [2.45, 2.75) is 6.92 Å². The van der Waals surface area contributed by atoms with Gasteiger partial charge in [-0.3, -0.25) is 4.79 Å². The van der Waals surface area contributed by atoms with Gasteiger partial charge in [0.25, 0.3) is 0 Å². The van der Waals surface area contributed by atoms with Crippen LogP contribution in [0.2, 0.25) is 0 Å². The number of para-hydroxylation sites is 1. The first-order valence-electron chi connectivity index (χ1n) is 5.75. The van der Waals surface area contributed by atoms with Crippen LogP contribution in [-0.4, -0.2) is 17.4 Å². The van der Waals surface area contributed by atoms with Gasteiger partial charge in [0.1, 0.15) is 5.82 Å². The quantitative estimate of drug-likeness (QED) is 0.864. The molecule has 1 aromatic carbocycles. The van der Waals surface area contributed by atoms with Crippen molar-refractivity contribution in [2.24, 2.45) is 0 Å². The molecular formula is C14H15N3O. The largest absolute Gasteiger partial charge is 0.376 e. The number of aromatic nitrogens is 1. The van der Waals surface area contributed by atoms with E-state index in [-0.39, 0.29) is 12.5 Å². The Bertz CT molecular complexity index is 508. The molecule has 0 bridgehead atoms. The molecule has 0 atom stereocenters. The summed E-state index contributed by atoms with van der Waals surface area (Å²) in [4.78, 5) is 15.8. The average molecular weight is 241 g/mol. The SMILES string of the molecule is Cc1ccc(NC(=O)CNc2ccccc2)nc1. The first-order valence-corrected chi connectivity index (χ1v) is 5.75. The Morgan fingerprint density at radius 2 is 1.94 bits per heavy atom. The molecule has 1 aromatic heterocycles. The van der Waals surface area contributed by atoms with Crippen LogP contribution in [-0.2, 0) is 4.79 Å². The van der Waals surface area contributed by atoms with Crippen molar-refractivity contribution in [3.63, 3.8) is 0 Å². The summed E-state index contributed by atoms with van der Waals surface area (Å²) in [5, 5.41) is 5.76. The van der Waals surface area contributed by atoms with Gasteiger partial charge in [-0.25, -0.2) is 4.98 Å². The molecule has 2 N–H and O–H groups in total. The van der Waals surface area contributed by atoms with E-state index in [1.165, 1.54) is 0 Å².